The number of aromatic nitrogens is 1. The summed E-state index contributed by atoms with van der Waals surface area (Å²) in [5, 5.41) is 3.16. The van der Waals surface area contributed by atoms with Crippen LogP contribution in [0.3, 0.4) is 0 Å². The number of amides is 1. The number of hydrogen-bond acceptors (Lipinski definition) is 4. The summed E-state index contributed by atoms with van der Waals surface area (Å²) in [5.74, 6) is 0.535. The summed E-state index contributed by atoms with van der Waals surface area (Å²) in [5.41, 5.74) is 0.0266. The molecule has 0 fully saturated rings. The maximum absolute atomic E-state index is 12.8. The van der Waals surface area contributed by atoms with E-state index < -0.39 is 29.5 Å². The van der Waals surface area contributed by atoms with Gasteiger partial charge in [-0.15, -0.1) is 0 Å². The Balaban J connectivity index is 2.04. The Morgan fingerprint density at radius 2 is 1.84 bits per heavy atom. The van der Waals surface area contributed by atoms with Gasteiger partial charge in [-0.2, -0.15) is 13.2 Å². The lowest BCUT2D eigenvalue weighted by atomic mass is 10.0. The van der Waals surface area contributed by atoms with Gasteiger partial charge in [0.2, 0.25) is 0 Å². The van der Waals surface area contributed by atoms with Gasteiger partial charge in [-0.3, -0.25) is 0 Å². The monoisotopic (exact) mass is 458 g/mol. The molecule has 0 unspecified atom stereocenters. The molecule has 2 aromatic rings. The topological polar surface area (TPSA) is 60.5 Å². The van der Waals surface area contributed by atoms with Crippen LogP contribution >= 0.6 is 11.6 Å². The van der Waals surface area contributed by atoms with Gasteiger partial charge < -0.3 is 14.8 Å². The Labute approximate surface area is 184 Å². The predicted octanol–water partition coefficient (Wildman–Crippen LogP) is 5.97. The largest absolute Gasteiger partial charge is 0.492 e. The van der Waals surface area contributed by atoms with Crippen LogP contribution in [0.2, 0.25) is 5.15 Å². The number of carbonyl (C=O) groups is 1. The Kier molecular flexibility index (Phi) is 8.17. The van der Waals surface area contributed by atoms with Crippen LogP contribution in [-0.4, -0.2) is 29.3 Å². The molecule has 0 aliphatic heterocycles. The van der Waals surface area contributed by atoms with Crippen molar-refractivity contribution in [3.8, 4) is 5.75 Å². The summed E-state index contributed by atoms with van der Waals surface area (Å²) in [6.45, 7) is 7.30. The fraction of sp³-hybridized carbons (Fsp3) is 0.455. The first kappa shape index (κ1) is 24.8. The first-order valence-corrected chi connectivity index (χ1v) is 10.1. The minimum atomic E-state index is -4.40. The molecule has 0 aliphatic rings. The average Bonchev–Trinajstić information content (AvgIpc) is 2.62. The van der Waals surface area contributed by atoms with Gasteiger partial charge in [-0.1, -0.05) is 23.7 Å². The molecule has 1 aromatic carbocycles. The molecule has 0 bridgehead atoms. The van der Waals surface area contributed by atoms with Crippen molar-refractivity contribution in [2.75, 3.05) is 6.61 Å². The highest BCUT2D eigenvalue weighted by Crippen LogP contribution is 2.29. The van der Waals surface area contributed by atoms with E-state index in [4.69, 9.17) is 21.1 Å². The van der Waals surface area contributed by atoms with Gasteiger partial charge >= 0.3 is 12.3 Å². The quantitative estimate of drug-likeness (QED) is 0.519. The van der Waals surface area contributed by atoms with Gasteiger partial charge in [0.15, 0.2) is 0 Å². The molecule has 31 heavy (non-hydrogen) atoms. The van der Waals surface area contributed by atoms with Gasteiger partial charge in [-0.05, 0) is 63.4 Å². The normalized spacial score (nSPS) is 12.9. The molecule has 2 rings (SSSR count). The second-order valence-electron chi connectivity index (χ2n) is 8.16. The van der Waals surface area contributed by atoms with E-state index in [9.17, 15) is 18.0 Å². The van der Waals surface area contributed by atoms with E-state index in [2.05, 4.69) is 10.3 Å². The molecular weight excluding hydrogens is 433 g/mol. The molecule has 170 valence electrons. The molecule has 0 aliphatic carbocycles. The third-order valence-electron chi connectivity index (χ3n) is 4.21. The van der Waals surface area contributed by atoms with Crippen LogP contribution in [0.1, 0.15) is 43.9 Å². The number of benzene rings is 1. The number of halogens is 4. The molecule has 0 saturated carbocycles. The average molecular weight is 459 g/mol. The van der Waals surface area contributed by atoms with Crippen molar-refractivity contribution < 1.29 is 27.4 Å². The zero-order chi connectivity index (χ0) is 23.2. The molecule has 1 N–H and O–H groups in total. The van der Waals surface area contributed by atoms with Crippen LogP contribution in [0, 0.1) is 6.92 Å². The van der Waals surface area contributed by atoms with Crippen LogP contribution < -0.4 is 10.1 Å². The van der Waals surface area contributed by atoms with Crippen LogP contribution in [0.4, 0.5) is 18.0 Å². The lowest BCUT2D eigenvalue weighted by Crippen LogP contribution is -2.41. The standard InChI is InChI=1S/C22H26ClF3N2O3/c1-14-11-18(13-27-19(14)23)30-10-9-17(28-20(29)31-21(2,3)4)12-15-5-7-16(8-6-15)22(24,25)26/h5-8,11,13,17H,9-10,12H2,1-4H3,(H,28,29)/t17-/m1/s1. The van der Waals surface area contributed by atoms with E-state index in [1.807, 2.05) is 0 Å². The Morgan fingerprint density at radius 3 is 2.39 bits per heavy atom. The predicted molar refractivity (Wildman–Crippen MR) is 112 cm³/mol. The Bertz CT molecular complexity index is 881. The summed E-state index contributed by atoms with van der Waals surface area (Å²) >= 11 is 5.91. The smallest absolute Gasteiger partial charge is 0.416 e. The highest BCUT2D eigenvalue weighted by Gasteiger charge is 2.30. The number of rotatable bonds is 7. The summed E-state index contributed by atoms with van der Waals surface area (Å²) in [6.07, 6.45) is -2.78. The SMILES string of the molecule is Cc1cc(OCC[C@H](Cc2ccc(C(F)(F)F)cc2)NC(=O)OC(C)(C)C)cnc1Cl. The van der Waals surface area contributed by atoms with Gasteiger partial charge in [0.25, 0.3) is 0 Å². The second kappa shape index (κ2) is 10.2. The third kappa shape index (κ3) is 8.65. The highest BCUT2D eigenvalue weighted by atomic mass is 35.5. The van der Waals surface area contributed by atoms with E-state index in [1.54, 1.807) is 33.8 Å². The van der Waals surface area contributed by atoms with Gasteiger partial charge in [0, 0.05) is 12.5 Å². The molecule has 1 atom stereocenters. The minimum Gasteiger partial charge on any atom is -0.492 e. The maximum atomic E-state index is 12.8. The number of pyridine rings is 1. The maximum Gasteiger partial charge on any atom is 0.416 e. The Morgan fingerprint density at radius 1 is 1.19 bits per heavy atom. The van der Waals surface area contributed by atoms with Crippen LogP contribution in [0.15, 0.2) is 36.5 Å². The van der Waals surface area contributed by atoms with Crippen LogP contribution in [0.5, 0.6) is 5.75 Å². The van der Waals surface area contributed by atoms with E-state index in [1.165, 1.54) is 18.3 Å². The highest BCUT2D eigenvalue weighted by molar-refractivity contribution is 6.30. The fourth-order valence-electron chi connectivity index (χ4n) is 2.74. The van der Waals surface area contributed by atoms with E-state index in [0.717, 1.165) is 17.7 Å². The molecular formula is C22H26ClF3N2O3. The number of nitrogens with zero attached hydrogens (tertiary/aromatic N) is 1. The number of ether oxygens (including phenoxy) is 2. The van der Waals surface area contributed by atoms with Crippen molar-refractivity contribution in [2.45, 2.75) is 58.4 Å². The van der Waals surface area contributed by atoms with Crippen molar-refractivity contribution >= 4 is 17.7 Å². The van der Waals surface area contributed by atoms with Crippen molar-refractivity contribution in [3.05, 3.63) is 58.4 Å². The van der Waals surface area contributed by atoms with Crippen molar-refractivity contribution in [1.82, 2.24) is 10.3 Å². The second-order valence-corrected chi connectivity index (χ2v) is 8.52. The first-order valence-electron chi connectivity index (χ1n) is 9.74. The van der Waals surface area contributed by atoms with Crippen LogP contribution in [-0.2, 0) is 17.3 Å². The van der Waals surface area contributed by atoms with E-state index in [-0.39, 0.29) is 6.61 Å². The summed E-state index contributed by atoms with van der Waals surface area (Å²) in [4.78, 5) is 16.2. The summed E-state index contributed by atoms with van der Waals surface area (Å²) in [6, 6.07) is 6.20. The number of aryl methyl sites for hydroxylation is 1. The molecule has 0 spiro atoms. The third-order valence-corrected chi connectivity index (χ3v) is 4.60. The fourth-order valence-corrected chi connectivity index (χ4v) is 2.85. The summed E-state index contributed by atoms with van der Waals surface area (Å²) in [7, 11) is 0. The molecule has 0 radical (unpaired) electrons. The number of hydrogen-bond donors (Lipinski definition) is 1. The lowest BCUT2D eigenvalue weighted by molar-refractivity contribution is -0.137. The zero-order valence-corrected chi connectivity index (χ0v) is 18.6. The van der Waals surface area contributed by atoms with Crippen molar-refractivity contribution in [1.29, 1.82) is 0 Å². The lowest BCUT2D eigenvalue weighted by Gasteiger charge is -2.24. The van der Waals surface area contributed by atoms with Gasteiger partial charge in [0.05, 0.1) is 18.4 Å². The van der Waals surface area contributed by atoms with Crippen molar-refractivity contribution in [3.63, 3.8) is 0 Å². The minimum absolute atomic E-state index is 0.254. The summed E-state index contributed by atoms with van der Waals surface area (Å²) < 4.78 is 49.4. The first-order chi connectivity index (χ1) is 14.3. The number of alkyl carbamates (subject to hydrolysis) is 1. The molecule has 0 saturated heterocycles. The van der Waals surface area contributed by atoms with Gasteiger partial charge in [0.1, 0.15) is 16.5 Å². The van der Waals surface area contributed by atoms with E-state index in [0.29, 0.717) is 29.3 Å². The number of nitrogens with one attached hydrogen (secondary N) is 1. The van der Waals surface area contributed by atoms with Gasteiger partial charge in [-0.25, -0.2) is 9.78 Å². The Hall–Kier alpha value is -2.48. The van der Waals surface area contributed by atoms with Crippen molar-refractivity contribution in [2.24, 2.45) is 0 Å². The molecule has 1 aromatic heterocycles. The molecule has 1 amide bonds. The molecule has 1 heterocycles. The molecule has 5 nitrogen and oxygen atoms in total. The molecule has 9 heteroatoms. The zero-order valence-electron chi connectivity index (χ0n) is 17.8. The number of carbonyl (C=O) groups excluding carboxylic acids is 1. The number of alkyl halides is 3. The van der Waals surface area contributed by atoms with Crippen LogP contribution in [0.25, 0.3) is 0 Å². The van der Waals surface area contributed by atoms with E-state index >= 15 is 0 Å².